The van der Waals surface area contributed by atoms with Crippen LogP contribution in [0.4, 0.5) is 11.5 Å². The Morgan fingerprint density at radius 3 is 2.55 bits per heavy atom. The highest BCUT2D eigenvalue weighted by molar-refractivity contribution is 5.69. The molecule has 1 aliphatic heterocycles. The lowest BCUT2D eigenvalue weighted by Gasteiger charge is -2.33. The molecule has 0 amide bonds. The Morgan fingerprint density at radius 2 is 1.84 bits per heavy atom. The van der Waals surface area contributed by atoms with Crippen LogP contribution in [0.1, 0.15) is 11.4 Å². The highest BCUT2D eigenvalue weighted by Crippen LogP contribution is 2.23. The van der Waals surface area contributed by atoms with Crippen LogP contribution in [-0.4, -0.2) is 93.1 Å². The van der Waals surface area contributed by atoms with E-state index in [9.17, 15) is 4.79 Å². The highest BCUT2D eigenvalue weighted by atomic mass is 16.4. The van der Waals surface area contributed by atoms with Crippen LogP contribution in [-0.2, 0) is 17.9 Å². The number of carboxylic acid groups (broad SMARTS) is 1. The minimum absolute atomic E-state index is 0.110. The molecule has 10 heteroatoms. The molecule has 38 heavy (non-hydrogen) atoms. The Hall–Kier alpha value is -3.70. The normalized spacial score (nSPS) is 14.5. The van der Waals surface area contributed by atoms with Crippen molar-refractivity contribution < 1.29 is 9.90 Å². The van der Waals surface area contributed by atoms with E-state index in [2.05, 4.69) is 48.8 Å². The quantitative estimate of drug-likeness (QED) is 0.292. The fourth-order valence-electron chi connectivity index (χ4n) is 4.51. The molecule has 10 nitrogen and oxygen atoms in total. The number of carboxylic acids is 1. The van der Waals surface area contributed by atoms with Crippen molar-refractivity contribution in [3.05, 3.63) is 79.0 Å². The van der Waals surface area contributed by atoms with E-state index < -0.39 is 5.97 Å². The van der Waals surface area contributed by atoms with E-state index >= 15 is 0 Å². The minimum atomic E-state index is -0.770. The van der Waals surface area contributed by atoms with E-state index in [4.69, 9.17) is 10.8 Å². The number of nitrogens with two attached hydrogens (primary N) is 1. The number of aromatic nitrogens is 3. The summed E-state index contributed by atoms with van der Waals surface area (Å²) in [6.07, 6.45) is 7.31. The summed E-state index contributed by atoms with van der Waals surface area (Å²) in [5, 5.41) is 12.4. The number of benzene rings is 1. The lowest BCUT2D eigenvalue weighted by Crippen LogP contribution is -2.47. The van der Waals surface area contributed by atoms with Gasteiger partial charge in [0, 0.05) is 82.2 Å². The summed E-state index contributed by atoms with van der Waals surface area (Å²) < 4.78 is 0. The predicted molar refractivity (Wildman–Crippen MR) is 149 cm³/mol. The summed E-state index contributed by atoms with van der Waals surface area (Å²) in [7, 11) is 0. The van der Waals surface area contributed by atoms with Gasteiger partial charge in [-0.25, -0.2) is 15.0 Å². The van der Waals surface area contributed by atoms with Crippen LogP contribution in [0.5, 0.6) is 0 Å². The topological polar surface area (TPSA) is 124 Å². The second-order valence-corrected chi connectivity index (χ2v) is 9.40. The zero-order valence-corrected chi connectivity index (χ0v) is 21.7. The summed E-state index contributed by atoms with van der Waals surface area (Å²) in [6, 6.07) is 12.2. The third-order valence-electron chi connectivity index (χ3n) is 6.43. The van der Waals surface area contributed by atoms with Gasteiger partial charge in [0.2, 0.25) is 0 Å². The number of aliphatic carboxylic acids is 1. The van der Waals surface area contributed by atoms with E-state index in [-0.39, 0.29) is 6.54 Å². The van der Waals surface area contributed by atoms with E-state index in [0.717, 1.165) is 74.3 Å². The van der Waals surface area contributed by atoms with Gasteiger partial charge < -0.3 is 16.2 Å². The molecule has 0 saturated carbocycles. The summed E-state index contributed by atoms with van der Waals surface area (Å²) in [5.74, 6) is 0.719. The van der Waals surface area contributed by atoms with Crippen LogP contribution < -0.4 is 11.1 Å². The molecule has 0 bridgehead atoms. The molecule has 4 rings (SSSR count). The van der Waals surface area contributed by atoms with Crippen molar-refractivity contribution in [1.29, 1.82) is 0 Å². The zero-order valence-electron chi connectivity index (χ0n) is 21.7. The molecular formula is C28H36N8O2. The van der Waals surface area contributed by atoms with Gasteiger partial charge >= 0.3 is 5.97 Å². The van der Waals surface area contributed by atoms with Crippen LogP contribution in [0, 0.1) is 0 Å². The first-order chi connectivity index (χ1) is 18.5. The van der Waals surface area contributed by atoms with E-state index in [1.54, 1.807) is 6.20 Å². The Balaban J connectivity index is 1.36. The monoisotopic (exact) mass is 516 g/mol. The fourth-order valence-corrected chi connectivity index (χ4v) is 4.51. The molecule has 0 atom stereocenters. The number of nitrogens with one attached hydrogen (secondary N) is 1. The molecule has 200 valence electrons. The first-order valence-corrected chi connectivity index (χ1v) is 12.9. The maximum Gasteiger partial charge on any atom is 0.317 e. The number of pyridine rings is 1. The third-order valence-corrected chi connectivity index (χ3v) is 6.43. The molecule has 1 saturated heterocycles. The standard InChI is InChI=1S/C28H36N8O2/c1-2-9-34(10-7-29)20-27-31-17-24(18-32-27)23-6-8-30-26(16-23)33-25-5-3-4-22(15-25)19-35-11-13-36(14-12-35)21-28(37)38/h2-6,8,15-18H,1,7,9-14,19-21,29H2,(H,30,33)(H,37,38). The van der Waals surface area contributed by atoms with E-state index in [1.807, 2.05) is 47.6 Å². The van der Waals surface area contributed by atoms with E-state index in [0.29, 0.717) is 13.1 Å². The smallest absolute Gasteiger partial charge is 0.317 e. The van der Waals surface area contributed by atoms with Gasteiger partial charge in [0.25, 0.3) is 0 Å². The maximum absolute atomic E-state index is 10.9. The largest absolute Gasteiger partial charge is 0.480 e. The first-order valence-electron chi connectivity index (χ1n) is 12.9. The van der Waals surface area contributed by atoms with Gasteiger partial charge in [-0.05, 0) is 35.4 Å². The van der Waals surface area contributed by atoms with Crippen molar-refractivity contribution in [1.82, 2.24) is 29.7 Å². The Bertz CT molecular complexity index is 1200. The number of anilines is 2. The molecular weight excluding hydrogens is 480 g/mol. The Labute approximate surface area is 223 Å². The van der Waals surface area contributed by atoms with Gasteiger partial charge in [-0.15, -0.1) is 6.58 Å². The van der Waals surface area contributed by atoms with Gasteiger partial charge in [0.05, 0.1) is 13.1 Å². The van der Waals surface area contributed by atoms with Crippen LogP contribution in [0.3, 0.4) is 0 Å². The summed E-state index contributed by atoms with van der Waals surface area (Å²) in [5.41, 5.74) is 9.76. The molecule has 2 aromatic heterocycles. The predicted octanol–water partition coefficient (Wildman–Crippen LogP) is 2.43. The lowest BCUT2D eigenvalue weighted by atomic mass is 10.1. The highest BCUT2D eigenvalue weighted by Gasteiger charge is 2.18. The van der Waals surface area contributed by atoms with Crippen LogP contribution in [0.25, 0.3) is 11.1 Å². The Kier molecular flexibility index (Phi) is 9.88. The lowest BCUT2D eigenvalue weighted by molar-refractivity contribution is -0.138. The number of nitrogens with zero attached hydrogens (tertiary/aromatic N) is 6. The molecule has 1 fully saturated rings. The number of piperazine rings is 1. The van der Waals surface area contributed by atoms with Crippen molar-refractivity contribution in [3.63, 3.8) is 0 Å². The van der Waals surface area contributed by atoms with Gasteiger partial charge in [-0.3, -0.25) is 19.5 Å². The van der Waals surface area contributed by atoms with Crippen molar-refractivity contribution in [3.8, 4) is 11.1 Å². The molecule has 0 spiro atoms. The molecule has 3 aromatic rings. The van der Waals surface area contributed by atoms with Crippen molar-refractivity contribution in [2.75, 3.05) is 57.7 Å². The second kappa shape index (κ2) is 13.7. The SMILES string of the molecule is C=CCN(CCN)Cc1ncc(-c2ccnc(Nc3cccc(CN4CCN(CC(=O)O)CC4)c3)c2)cn1. The van der Waals surface area contributed by atoms with Gasteiger partial charge in [0.1, 0.15) is 11.6 Å². The number of carbonyl (C=O) groups is 1. The van der Waals surface area contributed by atoms with Crippen LogP contribution in [0.15, 0.2) is 67.6 Å². The van der Waals surface area contributed by atoms with Crippen molar-refractivity contribution in [2.45, 2.75) is 13.1 Å². The molecule has 1 aliphatic rings. The third kappa shape index (κ3) is 8.15. The average Bonchev–Trinajstić information content (AvgIpc) is 2.91. The fraction of sp³-hybridized carbons (Fsp3) is 0.357. The average molecular weight is 517 g/mol. The second-order valence-electron chi connectivity index (χ2n) is 9.40. The molecule has 0 aliphatic carbocycles. The van der Waals surface area contributed by atoms with E-state index in [1.165, 1.54) is 5.56 Å². The van der Waals surface area contributed by atoms with Crippen LogP contribution in [0.2, 0.25) is 0 Å². The number of rotatable bonds is 13. The summed E-state index contributed by atoms with van der Waals surface area (Å²) in [6.45, 7) is 10.7. The number of hydrogen-bond donors (Lipinski definition) is 3. The molecule has 1 aromatic carbocycles. The zero-order chi connectivity index (χ0) is 26.7. The molecule has 4 N–H and O–H groups in total. The number of hydrogen-bond acceptors (Lipinski definition) is 9. The van der Waals surface area contributed by atoms with Crippen molar-refractivity contribution >= 4 is 17.5 Å². The summed E-state index contributed by atoms with van der Waals surface area (Å²) in [4.78, 5) is 31.0. The molecule has 0 unspecified atom stereocenters. The summed E-state index contributed by atoms with van der Waals surface area (Å²) >= 11 is 0. The van der Waals surface area contributed by atoms with Gasteiger partial charge in [-0.2, -0.15) is 0 Å². The Morgan fingerprint density at radius 1 is 1.08 bits per heavy atom. The van der Waals surface area contributed by atoms with Crippen molar-refractivity contribution in [2.24, 2.45) is 5.73 Å². The molecule has 0 radical (unpaired) electrons. The van der Waals surface area contributed by atoms with Gasteiger partial charge in [-0.1, -0.05) is 18.2 Å². The van der Waals surface area contributed by atoms with Gasteiger partial charge in [0.15, 0.2) is 0 Å². The minimum Gasteiger partial charge on any atom is -0.480 e. The van der Waals surface area contributed by atoms with Crippen LogP contribution >= 0.6 is 0 Å². The molecule has 3 heterocycles. The maximum atomic E-state index is 10.9. The first kappa shape index (κ1) is 27.3.